The monoisotopic (exact) mass is 361 g/mol. The van der Waals surface area contributed by atoms with E-state index in [1.54, 1.807) is 17.9 Å². The Bertz CT molecular complexity index is 827. The molecule has 3 rings (SSSR count). The van der Waals surface area contributed by atoms with Gasteiger partial charge >= 0.3 is 0 Å². The summed E-state index contributed by atoms with van der Waals surface area (Å²) in [4.78, 5) is 28.8. The lowest BCUT2D eigenvalue weighted by Crippen LogP contribution is -2.42. The summed E-state index contributed by atoms with van der Waals surface area (Å²) in [5, 5.41) is 11.5. The fourth-order valence-electron chi connectivity index (χ4n) is 2.77. The zero-order valence-electron chi connectivity index (χ0n) is 13.5. The number of morpholine rings is 1. The lowest BCUT2D eigenvalue weighted by atomic mass is 10.1. The van der Waals surface area contributed by atoms with Crippen LogP contribution in [0.5, 0.6) is 0 Å². The van der Waals surface area contributed by atoms with Crippen molar-refractivity contribution in [2.24, 2.45) is 0 Å². The molecule has 1 saturated heterocycles. The first-order valence-corrected chi connectivity index (χ1v) is 8.11. The van der Waals surface area contributed by atoms with Crippen LogP contribution in [0.1, 0.15) is 27.7 Å². The molecule has 1 aromatic carbocycles. The first kappa shape index (κ1) is 17.3. The topological polar surface area (TPSA) is 85.6 Å². The van der Waals surface area contributed by atoms with Gasteiger partial charge in [-0.2, -0.15) is 0 Å². The number of amides is 1. The summed E-state index contributed by atoms with van der Waals surface area (Å²) in [7, 11) is 0. The summed E-state index contributed by atoms with van der Waals surface area (Å²) in [6, 6.07) is 8.59. The molecule has 1 fully saturated rings. The maximum Gasteiger partial charge on any atom is 0.288 e. The number of hydrogen-bond acceptors (Lipinski definition) is 5. The highest BCUT2D eigenvalue weighted by molar-refractivity contribution is 6.31. The zero-order chi connectivity index (χ0) is 18.0. The second-order valence-electron chi connectivity index (χ2n) is 5.72. The van der Waals surface area contributed by atoms with Crippen LogP contribution in [0.25, 0.3) is 0 Å². The van der Waals surface area contributed by atoms with Gasteiger partial charge in [-0.15, -0.1) is 0 Å². The van der Waals surface area contributed by atoms with Gasteiger partial charge in [-0.25, -0.2) is 0 Å². The Hall–Kier alpha value is -2.51. The highest BCUT2D eigenvalue weighted by atomic mass is 35.5. The Labute approximate surface area is 149 Å². The Morgan fingerprint density at radius 1 is 1.44 bits per heavy atom. The summed E-state index contributed by atoms with van der Waals surface area (Å²) in [6.45, 7) is 2.75. The molecular formula is C17H16ClN3O4. The molecule has 1 aliphatic rings. The number of carbonyl (C=O) groups excluding carboxylic acids is 1. The molecule has 1 aliphatic heterocycles. The van der Waals surface area contributed by atoms with Gasteiger partial charge in [-0.05, 0) is 13.0 Å². The molecule has 1 unspecified atom stereocenters. The quantitative estimate of drug-likeness (QED) is 0.619. The summed E-state index contributed by atoms with van der Waals surface area (Å²) >= 11 is 6.21. The summed E-state index contributed by atoms with van der Waals surface area (Å²) < 4.78 is 5.75. The van der Waals surface area contributed by atoms with Crippen molar-refractivity contribution in [3.8, 4) is 0 Å². The fraction of sp³-hybridized carbons (Fsp3) is 0.294. The van der Waals surface area contributed by atoms with Gasteiger partial charge in [-0.3, -0.25) is 19.9 Å². The Balaban J connectivity index is 1.84. The third-order valence-electron chi connectivity index (χ3n) is 4.12. The maximum absolute atomic E-state index is 12.8. The Kier molecular flexibility index (Phi) is 4.96. The van der Waals surface area contributed by atoms with E-state index in [0.717, 1.165) is 11.8 Å². The van der Waals surface area contributed by atoms with Gasteiger partial charge in [0.25, 0.3) is 11.6 Å². The molecule has 1 atom stereocenters. The second-order valence-corrected chi connectivity index (χ2v) is 6.12. The number of halogens is 1. The van der Waals surface area contributed by atoms with Crippen LogP contribution in [0.4, 0.5) is 5.69 Å². The number of nitro groups is 1. The van der Waals surface area contributed by atoms with Crippen molar-refractivity contribution < 1.29 is 14.5 Å². The minimum atomic E-state index is -0.560. The van der Waals surface area contributed by atoms with Crippen LogP contribution in [0.2, 0.25) is 5.02 Å². The number of carbonyl (C=O) groups is 1. The molecule has 0 N–H and O–H groups in total. The van der Waals surface area contributed by atoms with E-state index in [2.05, 4.69) is 4.98 Å². The predicted molar refractivity (Wildman–Crippen MR) is 91.7 cm³/mol. The molecule has 25 heavy (non-hydrogen) atoms. The van der Waals surface area contributed by atoms with E-state index in [1.807, 2.05) is 18.2 Å². The largest absolute Gasteiger partial charge is 0.370 e. The summed E-state index contributed by atoms with van der Waals surface area (Å²) in [5.74, 6) is -0.297. The number of aromatic nitrogens is 1. The second kappa shape index (κ2) is 7.16. The van der Waals surface area contributed by atoms with Gasteiger partial charge in [0.1, 0.15) is 12.3 Å². The van der Waals surface area contributed by atoms with Crippen molar-refractivity contribution in [1.29, 1.82) is 0 Å². The minimum absolute atomic E-state index is 0.204. The molecule has 2 aromatic rings. The lowest BCUT2D eigenvalue weighted by molar-refractivity contribution is -0.385. The van der Waals surface area contributed by atoms with Crippen LogP contribution in [0, 0.1) is 17.0 Å². The SMILES string of the molecule is Cc1ncc([N+](=O)[O-])cc1C(=O)N1CCOC(c2ccccc2Cl)C1. The van der Waals surface area contributed by atoms with E-state index in [4.69, 9.17) is 16.3 Å². The molecule has 0 spiro atoms. The normalized spacial score (nSPS) is 17.4. The summed E-state index contributed by atoms with van der Waals surface area (Å²) in [6.07, 6.45) is 0.816. The molecule has 7 nitrogen and oxygen atoms in total. The number of pyridine rings is 1. The highest BCUT2D eigenvalue weighted by Crippen LogP contribution is 2.29. The lowest BCUT2D eigenvalue weighted by Gasteiger charge is -2.33. The smallest absolute Gasteiger partial charge is 0.288 e. The van der Waals surface area contributed by atoms with E-state index in [0.29, 0.717) is 30.4 Å². The predicted octanol–water partition coefficient (Wildman–Crippen LogP) is 3.17. The van der Waals surface area contributed by atoms with Crippen molar-refractivity contribution in [2.75, 3.05) is 19.7 Å². The van der Waals surface area contributed by atoms with Crippen LogP contribution >= 0.6 is 11.6 Å². The number of ether oxygens (including phenoxy) is 1. The maximum atomic E-state index is 12.8. The molecule has 2 heterocycles. The van der Waals surface area contributed by atoms with Gasteiger partial charge in [0.2, 0.25) is 0 Å². The van der Waals surface area contributed by atoms with Crippen molar-refractivity contribution in [3.05, 3.63) is 68.5 Å². The van der Waals surface area contributed by atoms with Crippen molar-refractivity contribution in [1.82, 2.24) is 9.88 Å². The molecule has 130 valence electrons. The highest BCUT2D eigenvalue weighted by Gasteiger charge is 2.29. The van der Waals surface area contributed by atoms with E-state index in [1.165, 1.54) is 6.07 Å². The number of nitrogens with zero attached hydrogens (tertiary/aromatic N) is 3. The number of aryl methyl sites for hydroxylation is 1. The molecule has 8 heteroatoms. The Morgan fingerprint density at radius 2 is 2.20 bits per heavy atom. The zero-order valence-corrected chi connectivity index (χ0v) is 14.3. The number of hydrogen-bond donors (Lipinski definition) is 0. The average Bonchev–Trinajstić information content (AvgIpc) is 2.62. The number of benzene rings is 1. The van der Waals surface area contributed by atoms with E-state index in [-0.39, 0.29) is 23.3 Å². The van der Waals surface area contributed by atoms with E-state index >= 15 is 0 Å². The molecule has 0 bridgehead atoms. The minimum Gasteiger partial charge on any atom is -0.370 e. The Morgan fingerprint density at radius 3 is 2.92 bits per heavy atom. The average molecular weight is 362 g/mol. The van der Waals surface area contributed by atoms with Gasteiger partial charge in [0.15, 0.2) is 0 Å². The van der Waals surface area contributed by atoms with Crippen LogP contribution in [0.15, 0.2) is 36.5 Å². The van der Waals surface area contributed by atoms with Gasteiger partial charge in [-0.1, -0.05) is 29.8 Å². The van der Waals surface area contributed by atoms with Crippen molar-refractivity contribution >= 4 is 23.2 Å². The van der Waals surface area contributed by atoms with Gasteiger partial charge in [0, 0.05) is 23.2 Å². The fourth-order valence-corrected chi connectivity index (χ4v) is 3.02. The van der Waals surface area contributed by atoms with Crippen LogP contribution in [0.3, 0.4) is 0 Å². The van der Waals surface area contributed by atoms with E-state index in [9.17, 15) is 14.9 Å². The third-order valence-corrected chi connectivity index (χ3v) is 4.46. The molecule has 0 radical (unpaired) electrons. The third kappa shape index (κ3) is 3.62. The summed E-state index contributed by atoms with van der Waals surface area (Å²) in [5.41, 5.74) is 1.30. The molecule has 0 saturated carbocycles. The molecular weight excluding hydrogens is 346 g/mol. The van der Waals surface area contributed by atoms with E-state index < -0.39 is 4.92 Å². The standard InChI is InChI=1S/C17H16ClN3O4/c1-11-14(8-12(9-19-11)21(23)24)17(22)20-6-7-25-16(10-20)13-4-2-3-5-15(13)18/h2-5,8-9,16H,6-7,10H2,1H3. The first-order valence-electron chi connectivity index (χ1n) is 7.73. The van der Waals surface area contributed by atoms with Crippen LogP contribution in [-0.4, -0.2) is 40.4 Å². The van der Waals surface area contributed by atoms with Crippen LogP contribution in [-0.2, 0) is 4.74 Å². The molecule has 1 aromatic heterocycles. The van der Waals surface area contributed by atoms with Crippen molar-refractivity contribution in [3.63, 3.8) is 0 Å². The number of rotatable bonds is 3. The molecule has 0 aliphatic carbocycles. The first-order chi connectivity index (χ1) is 12.0. The van der Waals surface area contributed by atoms with Gasteiger partial charge < -0.3 is 9.64 Å². The molecule has 1 amide bonds. The van der Waals surface area contributed by atoms with Crippen molar-refractivity contribution in [2.45, 2.75) is 13.0 Å². The van der Waals surface area contributed by atoms with Crippen LogP contribution < -0.4 is 0 Å². The van der Waals surface area contributed by atoms with Gasteiger partial charge in [0.05, 0.1) is 29.3 Å².